The van der Waals surface area contributed by atoms with Crippen LogP contribution in [0.25, 0.3) is 10.9 Å². The number of anilines is 1. The van der Waals surface area contributed by atoms with Gasteiger partial charge in [-0.1, -0.05) is 13.8 Å². The Bertz CT molecular complexity index is 982. The summed E-state index contributed by atoms with van der Waals surface area (Å²) in [5, 5.41) is 21.0. The van der Waals surface area contributed by atoms with Crippen LogP contribution in [-0.2, 0) is 9.53 Å². The molecule has 1 atom stereocenters. The van der Waals surface area contributed by atoms with Gasteiger partial charge in [0, 0.05) is 30.6 Å². The van der Waals surface area contributed by atoms with Crippen molar-refractivity contribution in [3.05, 3.63) is 39.9 Å². The number of benzene rings is 1. The lowest BCUT2D eigenvalue weighted by Gasteiger charge is -2.31. The number of hydrogen-bond donors (Lipinski definition) is 0. The van der Waals surface area contributed by atoms with Crippen molar-refractivity contribution in [1.29, 1.82) is 5.26 Å². The minimum absolute atomic E-state index is 0.0825. The number of fused-ring (bicyclic) bond motifs is 1. The van der Waals surface area contributed by atoms with Gasteiger partial charge in [0.15, 0.2) is 0 Å². The van der Waals surface area contributed by atoms with E-state index in [0.717, 1.165) is 0 Å². The van der Waals surface area contributed by atoms with Gasteiger partial charge < -0.3 is 9.64 Å². The van der Waals surface area contributed by atoms with Crippen molar-refractivity contribution < 1.29 is 14.5 Å². The highest BCUT2D eigenvalue weighted by Crippen LogP contribution is 2.41. The summed E-state index contributed by atoms with van der Waals surface area (Å²) in [5.41, 5.74) is 0.134. The lowest BCUT2D eigenvalue weighted by molar-refractivity contribution is -0.384. The molecule has 0 bridgehead atoms. The Labute approximate surface area is 162 Å². The molecule has 2 aromatic rings. The van der Waals surface area contributed by atoms with E-state index in [9.17, 15) is 20.2 Å². The number of rotatable bonds is 5. The molecule has 1 unspecified atom stereocenters. The molecule has 146 valence electrons. The Kier molecular flexibility index (Phi) is 5.18. The first-order valence-corrected chi connectivity index (χ1v) is 9.24. The van der Waals surface area contributed by atoms with Crippen LogP contribution in [0, 0.1) is 32.8 Å². The Morgan fingerprint density at radius 1 is 1.46 bits per heavy atom. The minimum atomic E-state index is -0.616. The lowest BCUT2D eigenvalue weighted by atomic mass is 9.76. The Morgan fingerprint density at radius 3 is 2.82 bits per heavy atom. The summed E-state index contributed by atoms with van der Waals surface area (Å²) in [6.45, 7) is 7.22. The third kappa shape index (κ3) is 3.24. The van der Waals surface area contributed by atoms with Crippen molar-refractivity contribution in [2.45, 2.75) is 27.2 Å². The number of ether oxygens (including phenoxy) is 1. The quantitative estimate of drug-likeness (QED) is 0.442. The number of pyridine rings is 1. The van der Waals surface area contributed by atoms with E-state index in [1.54, 1.807) is 19.1 Å². The smallest absolute Gasteiger partial charge is 0.314 e. The monoisotopic (exact) mass is 382 g/mol. The molecule has 8 nitrogen and oxygen atoms in total. The third-order valence-corrected chi connectivity index (χ3v) is 5.52. The average molecular weight is 382 g/mol. The van der Waals surface area contributed by atoms with Crippen LogP contribution in [0.1, 0.15) is 32.8 Å². The molecule has 0 saturated carbocycles. The SMILES string of the molecule is CCOC(=O)C1(C(C)C)CCN(c2cc(C#N)c3cc([N+](=O)[O-])ccc3n2)C1. The highest BCUT2D eigenvalue weighted by Gasteiger charge is 2.48. The molecule has 0 spiro atoms. The molecule has 0 aliphatic carbocycles. The summed E-state index contributed by atoms with van der Waals surface area (Å²) < 4.78 is 5.32. The van der Waals surface area contributed by atoms with Crippen LogP contribution >= 0.6 is 0 Å². The fourth-order valence-corrected chi connectivity index (χ4v) is 3.74. The van der Waals surface area contributed by atoms with Crippen LogP contribution in [0.15, 0.2) is 24.3 Å². The van der Waals surface area contributed by atoms with E-state index < -0.39 is 10.3 Å². The molecule has 0 amide bonds. The van der Waals surface area contributed by atoms with Crippen molar-refractivity contribution in [2.75, 3.05) is 24.6 Å². The lowest BCUT2D eigenvalue weighted by Crippen LogP contribution is -2.40. The van der Waals surface area contributed by atoms with Gasteiger partial charge in [0.1, 0.15) is 5.82 Å². The predicted octanol–water partition coefficient (Wildman–Crippen LogP) is 3.43. The maximum absolute atomic E-state index is 12.6. The summed E-state index contributed by atoms with van der Waals surface area (Å²) in [4.78, 5) is 29.7. The number of carbonyl (C=O) groups excluding carboxylic acids is 1. The van der Waals surface area contributed by atoms with Gasteiger partial charge >= 0.3 is 5.97 Å². The Balaban J connectivity index is 2.00. The number of nitro benzene ring substituents is 1. The number of esters is 1. The van der Waals surface area contributed by atoms with Crippen molar-refractivity contribution in [3.63, 3.8) is 0 Å². The predicted molar refractivity (Wildman–Crippen MR) is 104 cm³/mol. The van der Waals surface area contributed by atoms with Crippen LogP contribution < -0.4 is 4.90 Å². The number of nitriles is 1. The largest absolute Gasteiger partial charge is 0.466 e. The standard InChI is InChI=1S/C20H22N4O4/c1-4-28-19(25)20(13(2)3)7-8-23(12-20)18-9-14(11-21)16-10-15(24(26)27)5-6-17(16)22-18/h5-6,9-10,13H,4,7-8,12H2,1-3H3. The number of aromatic nitrogens is 1. The molecule has 1 fully saturated rings. The molecule has 1 aliphatic rings. The van der Waals surface area contributed by atoms with Crippen LogP contribution in [0.4, 0.5) is 11.5 Å². The average Bonchev–Trinajstić information content (AvgIpc) is 3.13. The molecule has 1 aromatic carbocycles. The molecule has 1 saturated heterocycles. The first-order chi connectivity index (χ1) is 13.3. The first kappa shape index (κ1) is 19.5. The number of nitro groups is 1. The van der Waals surface area contributed by atoms with E-state index in [0.29, 0.717) is 48.4 Å². The molecule has 0 radical (unpaired) electrons. The molecule has 1 aromatic heterocycles. The fraction of sp³-hybridized carbons (Fsp3) is 0.450. The first-order valence-electron chi connectivity index (χ1n) is 9.24. The normalized spacial score (nSPS) is 19.0. The van der Waals surface area contributed by atoms with Gasteiger partial charge in [0.05, 0.1) is 34.1 Å². The zero-order valence-electron chi connectivity index (χ0n) is 16.1. The maximum Gasteiger partial charge on any atom is 0.314 e. The summed E-state index contributed by atoms with van der Waals surface area (Å²) in [6.07, 6.45) is 0.644. The van der Waals surface area contributed by atoms with Crippen molar-refractivity contribution >= 4 is 28.4 Å². The third-order valence-electron chi connectivity index (χ3n) is 5.52. The number of carbonyl (C=O) groups is 1. The van der Waals surface area contributed by atoms with Crippen molar-refractivity contribution in [1.82, 2.24) is 4.98 Å². The number of hydrogen-bond acceptors (Lipinski definition) is 7. The van der Waals surface area contributed by atoms with Crippen LogP contribution in [0.5, 0.6) is 0 Å². The summed E-state index contributed by atoms with van der Waals surface area (Å²) in [6, 6.07) is 8.03. The topological polar surface area (TPSA) is 109 Å². The van der Waals surface area contributed by atoms with E-state index in [4.69, 9.17) is 4.74 Å². The van der Waals surface area contributed by atoms with E-state index in [-0.39, 0.29) is 17.6 Å². The van der Waals surface area contributed by atoms with E-state index in [1.165, 1.54) is 12.1 Å². The maximum atomic E-state index is 12.6. The molecule has 3 rings (SSSR count). The summed E-state index contributed by atoms with van der Waals surface area (Å²) >= 11 is 0. The zero-order valence-corrected chi connectivity index (χ0v) is 16.1. The van der Waals surface area contributed by atoms with Gasteiger partial charge in [0.25, 0.3) is 5.69 Å². The molecule has 28 heavy (non-hydrogen) atoms. The van der Waals surface area contributed by atoms with Gasteiger partial charge in [-0.05, 0) is 31.4 Å². The van der Waals surface area contributed by atoms with Crippen LogP contribution in [0.3, 0.4) is 0 Å². The second-order valence-electron chi connectivity index (χ2n) is 7.30. The van der Waals surface area contributed by atoms with Gasteiger partial charge in [-0.2, -0.15) is 5.26 Å². The summed E-state index contributed by atoms with van der Waals surface area (Å²) in [5.74, 6) is 0.476. The van der Waals surface area contributed by atoms with E-state index >= 15 is 0 Å². The number of nitrogens with zero attached hydrogens (tertiary/aromatic N) is 4. The van der Waals surface area contributed by atoms with Crippen LogP contribution in [-0.4, -0.2) is 35.6 Å². The Morgan fingerprint density at radius 2 is 2.21 bits per heavy atom. The molecule has 0 N–H and O–H groups in total. The minimum Gasteiger partial charge on any atom is -0.466 e. The van der Waals surface area contributed by atoms with E-state index in [1.807, 2.05) is 18.7 Å². The van der Waals surface area contributed by atoms with E-state index in [2.05, 4.69) is 11.1 Å². The second-order valence-corrected chi connectivity index (χ2v) is 7.30. The van der Waals surface area contributed by atoms with Crippen molar-refractivity contribution in [3.8, 4) is 6.07 Å². The highest BCUT2D eigenvalue weighted by atomic mass is 16.6. The molecule has 1 aliphatic heterocycles. The van der Waals surface area contributed by atoms with Gasteiger partial charge in [0.2, 0.25) is 0 Å². The van der Waals surface area contributed by atoms with Gasteiger partial charge in [-0.3, -0.25) is 14.9 Å². The second kappa shape index (κ2) is 7.43. The summed E-state index contributed by atoms with van der Waals surface area (Å²) in [7, 11) is 0. The fourth-order valence-electron chi connectivity index (χ4n) is 3.74. The molecule has 8 heteroatoms. The molecular formula is C20H22N4O4. The number of non-ortho nitro benzene ring substituents is 1. The van der Waals surface area contributed by atoms with Crippen molar-refractivity contribution in [2.24, 2.45) is 11.3 Å². The van der Waals surface area contributed by atoms with Gasteiger partial charge in [-0.25, -0.2) is 4.98 Å². The Hall–Kier alpha value is -3.21. The van der Waals surface area contributed by atoms with Gasteiger partial charge in [-0.15, -0.1) is 0 Å². The zero-order chi connectivity index (χ0) is 20.5. The molecular weight excluding hydrogens is 360 g/mol. The van der Waals surface area contributed by atoms with Crippen LogP contribution in [0.2, 0.25) is 0 Å². The highest BCUT2D eigenvalue weighted by molar-refractivity contribution is 5.88. The molecule has 2 heterocycles.